The third-order valence-electron chi connectivity index (χ3n) is 6.89. The second kappa shape index (κ2) is 14.3. The SMILES string of the molecule is CO[C@H]1O[C@H](CO)[C@H](n2nncc2COCc2ccccc2)[C@H](OCc2ccccc2)[C@H]1OCc1ccccc1. The van der Waals surface area contributed by atoms with E-state index in [0.717, 1.165) is 22.4 Å². The summed E-state index contributed by atoms with van der Waals surface area (Å²) in [5.41, 5.74) is 3.82. The normalized spacial score (nSPS) is 22.8. The zero-order valence-corrected chi connectivity index (χ0v) is 22.5. The summed E-state index contributed by atoms with van der Waals surface area (Å²) >= 11 is 0. The van der Waals surface area contributed by atoms with Crippen LogP contribution in [0.25, 0.3) is 0 Å². The molecule has 0 spiro atoms. The van der Waals surface area contributed by atoms with E-state index in [1.165, 1.54) is 0 Å². The van der Waals surface area contributed by atoms with Gasteiger partial charge in [0.25, 0.3) is 0 Å². The lowest BCUT2D eigenvalue weighted by Gasteiger charge is -2.45. The van der Waals surface area contributed by atoms with Gasteiger partial charge in [-0.3, -0.25) is 0 Å². The Balaban J connectivity index is 1.41. The molecule has 3 aromatic carbocycles. The van der Waals surface area contributed by atoms with E-state index in [-0.39, 0.29) is 13.2 Å². The van der Waals surface area contributed by atoms with Crippen molar-refractivity contribution in [3.05, 3.63) is 120 Å². The first kappa shape index (κ1) is 28.1. The molecule has 0 amide bonds. The summed E-state index contributed by atoms with van der Waals surface area (Å²) in [6, 6.07) is 29.2. The predicted octanol–water partition coefficient (Wildman–Crippen LogP) is 4.07. The summed E-state index contributed by atoms with van der Waals surface area (Å²) in [7, 11) is 1.56. The monoisotopic (exact) mass is 545 g/mol. The first-order valence-corrected chi connectivity index (χ1v) is 13.4. The van der Waals surface area contributed by atoms with Gasteiger partial charge in [0.2, 0.25) is 0 Å². The molecule has 1 fully saturated rings. The minimum absolute atomic E-state index is 0.269. The molecule has 1 N–H and O–H groups in total. The molecule has 40 heavy (non-hydrogen) atoms. The van der Waals surface area contributed by atoms with Gasteiger partial charge in [-0.05, 0) is 16.7 Å². The summed E-state index contributed by atoms with van der Waals surface area (Å²) in [4.78, 5) is 0. The zero-order valence-electron chi connectivity index (χ0n) is 22.5. The summed E-state index contributed by atoms with van der Waals surface area (Å²) in [5, 5.41) is 19.0. The molecule has 5 rings (SSSR count). The van der Waals surface area contributed by atoms with Gasteiger partial charge < -0.3 is 28.8 Å². The summed E-state index contributed by atoms with van der Waals surface area (Å²) in [6.45, 7) is 1.10. The van der Waals surface area contributed by atoms with E-state index in [0.29, 0.717) is 19.8 Å². The van der Waals surface area contributed by atoms with Crippen molar-refractivity contribution < 1.29 is 28.8 Å². The maximum atomic E-state index is 10.4. The maximum Gasteiger partial charge on any atom is 0.186 e. The van der Waals surface area contributed by atoms with Crippen LogP contribution in [0, 0.1) is 0 Å². The molecule has 2 heterocycles. The molecule has 5 atom stereocenters. The Kier molecular flexibility index (Phi) is 10.0. The van der Waals surface area contributed by atoms with Gasteiger partial charge in [-0.15, -0.1) is 5.10 Å². The van der Waals surface area contributed by atoms with Crippen LogP contribution >= 0.6 is 0 Å². The highest BCUT2D eigenvalue weighted by atomic mass is 16.7. The lowest BCUT2D eigenvalue weighted by molar-refractivity contribution is -0.301. The van der Waals surface area contributed by atoms with E-state index in [2.05, 4.69) is 10.3 Å². The molecule has 0 bridgehead atoms. The molecule has 1 aliphatic rings. The Labute approximate surface area is 234 Å². The van der Waals surface area contributed by atoms with E-state index in [4.69, 9.17) is 23.7 Å². The van der Waals surface area contributed by atoms with E-state index >= 15 is 0 Å². The van der Waals surface area contributed by atoms with Gasteiger partial charge in [0.15, 0.2) is 6.29 Å². The quantitative estimate of drug-likeness (QED) is 0.269. The molecular weight excluding hydrogens is 510 g/mol. The Hall–Kier alpha value is -3.44. The van der Waals surface area contributed by atoms with Crippen LogP contribution in [0.1, 0.15) is 28.4 Å². The van der Waals surface area contributed by atoms with Crippen molar-refractivity contribution in [2.45, 2.75) is 57.1 Å². The predicted molar refractivity (Wildman–Crippen MR) is 147 cm³/mol. The van der Waals surface area contributed by atoms with Crippen molar-refractivity contribution in [1.82, 2.24) is 15.0 Å². The fraction of sp³-hybridized carbons (Fsp3) is 0.355. The van der Waals surface area contributed by atoms with E-state index < -0.39 is 30.6 Å². The minimum Gasteiger partial charge on any atom is -0.394 e. The summed E-state index contributed by atoms with van der Waals surface area (Å²) < 4.78 is 32.7. The van der Waals surface area contributed by atoms with Crippen LogP contribution in [0.3, 0.4) is 0 Å². The number of nitrogens with zero attached hydrogens (tertiary/aromatic N) is 3. The number of hydrogen-bond acceptors (Lipinski definition) is 8. The lowest BCUT2D eigenvalue weighted by Crippen LogP contribution is -2.58. The molecular formula is C31H35N3O6. The average molecular weight is 546 g/mol. The molecule has 1 aliphatic heterocycles. The van der Waals surface area contributed by atoms with Crippen molar-refractivity contribution in [3.8, 4) is 0 Å². The van der Waals surface area contributed by atoms with Crippen LogP contribution in [0.4, 0.5) is 0 Å². The number of ether oxygens (including phenoxy) is 5. The van der Waals surface area contributed by atoms with E-state index in [1.54, 1.807) is 18.0 Å². The molecule has 9 nitrogen and oxygen atoms in total. The fourth-order valence-electron chi connectivity index (χ4n) is 4.90. The summed E-state index contributed by atoms with van der Waals surface area (Å²) in [5.74, 6) is 0. The number of methoxy groups -OCH3 is 1. The van der Waals surface area contributed by atoms with E-state index in [9.17, 15) is 5.11 Å². The van der Waals surface area contributed by atoms with Crippen LogP contribution in [-0.4, -0.2) is 58.4 Å². The van der Waals surface area contributed by atoms with Crippen LogP contribution in [-0.2, 0) is 50.1 Å². The topological polar surface area (TPSA) is 97.1 Å². The van der Waals surface area contributed by atoms with Crippen LogP contribution in [0.5, 0.6) is 0 Å². The lowest BCUT2D eigenvalue weighted by atomic mass is 9.95. The van der Waals surface area contributed by atoms with Crippen molar-refractivity contribution in [2.24, 2.45) is 0 Å². The highest BCUT2D eigenvalue weighted by Gasteiger charge is 2.49. The molecule has 9 heteroatoms. The number of hydrogen-bond donors (Lipinski definition) is 1. The first-order valence-electron chi connectivity index (χ1n) is 13.4. The van der Waals surface area contributed by atoms with Gasteiger partial charge in [-0.1, -0.05) is 96.2 Å². The molecule has 0 aliphatic carbocycles. The second-order valence-corrected chi connectivity index (χ2v) is 9.62. The van der Waals surface area contributed by atoms with Gasteiger partial charge >= 0.3 is 0 Å². The van der Waals surface area contributed by atoms with Gasteiger partial charge in [0.05, 0.1) is 44.9 Å². The van der Waals surface area contributed by atoms with E-state index in [1.807, 2.05) is 91.0 Å². The third-order valence-corrected chi connectivity index (χ3v) is 6.89. The number of rotatable bonds is 13. The fourth-order valence-corrected chi connectivity index (χ4v) is 4.90. The minimum atomic E-state index is -0.765. The average Bonchev–Trinajstić information content (AvgIpc) is 3.48. The van der Waals surface area contributed by atoms with Gasteiger partial charge in [0, 0.05) is 7.11 Å². The highest BCUT2D eigenvalue weighted by molar-refractivity contribution is 5.15. The van der Waals surface area contributed by atoms with Crippen molar-refractivity contribution in [1.29, 1.82) is 0 Å². The first-order chi connectivity index (χ1) is 19.8. The van der Waals surface area contributed by atoms with Crippen molar-refractivity contribution >= 4 is 0 Å². The molecule has 4 aromatic rings. The maximum absolute atomic E-state index is 10.4. The Morgan fingerprint density at radius 3 is 1.85 bits per heavy atom. The Bertz CT molecular complexity index is 1270. The Morgan fingerprint density at radius 1 is 0.750 bits per heavy atom. The van der Waals surface area contributed by atoms with Crippen LogP contribution in [0.2, 0.25) is 0 Å². The largest absolute Gasteiger partial charge is 0.394 e. The number of benzene rings is 3. The van der Waals surface area contributed by atoms with Gasteiger partial charge in [-0.25, -0.2) is 4.68 Å². The van der Waals surface area contributed by atoms with Crippen LogP contribution in [0.15, 0.2) is 97.2 Å². The molecule has 1 aromatic heterocycles. The van der Waals surface area contributed by atoms with Gasteiger partial charge in [0.1, 0.15) is 24.4 Å². The van der Waals surface area contributed by atoms with Gasteiger partial charge in [-0.2, -0.15) is 0 Å². The molecule has 0 saturated carbocycles. The highest BCUT2D eigenvalue weighted by Crippen LogP contribution is 2.35. The van der Waals surface area contributed by atoms with Crippen molar-refractivity contribution in [2.75, 3.05) is 13.7 Å². The molecule has 0 radical (unpaired) electrons. The third kappa shape index (κ3) is 7.00. The molecule has 1 saturated heterocycles. The molecule has 0 unspecified atom stereocenters. The Morgan fingerprint density at radius 2 is 1.30 bits per heavy atom. The summed E-state index contributed by atoms with van der Waals surface area (Å²) in [6.07, 6.45) is -0.995. The molecule has 210 valence electrons. The standard InChI is InChI=1S/C31H35N3O6/c1-36-31-30(39-21-25-15-9-4-10-16-25)29(38-20-24-13-7-3-8-14-24)28(27(18-35)40-31)34-26(17-32-33-34)22-37-19-23-11-5-2-6-12-23/h2-17,27-31,35H,18-22H2,1H3/t27-,28+,29+,30-,31+/m1/s1. The second-order valence-electron chi connectivity index (χ2n) is 9.62. The smallest absolute Gasteiger partial charge is 0.186 e. The zero-order chi connectivity index (χ0) is 27.6. The number of aromatic nitrogens is 3. The number of aliphatic hydroxyl groups excluding tert-OH is 1. The number of aliphatic hydroxyl groups is 1. The van der Waals surface area contributed by atoms with Crippen molar-refractivity contribution in [3.63, 3.8) is 0 Å². The van der Waals surface area contributed by atoms with Crippen LogP contribution < -0.4 is 0 Å².